The molecule has 7 nitrogen and oxygen atoms in total. The van der Waals surface area contributed by atoms with Gasteiger partial charge in [0.25, 0.3) is 5.91 Å². The number of nitrogens with one attached hydrogen (secondary N) is 3. The lowest BCUT2D eigenvalue weighted by Crippen LogP contribution is -2.30. The van der Waals surface area contributed by atoms with Crippen molar-refractivity contribution >= 4 is 17.6 Å². The van der Waals surface area contributed by atoms with Crippen molar-refractivity contribution in [2.24, 2.45) is 0 Å². The molecule has 1 aliphatic rings. The molecule has 1 saturated carbocycles. The zero-order valence-electron chi connectivity index (χ0n) is 18.7. The average Bonchev–Trinajstić information content (AvgIpc) is 3.52. The van der Waals surface area contributed by atoms with E-state index >= 15 is 0 Å². The highest BCUT2D eigenvalue weighted by molar-refractivity contribution is 5.97. The highest BCUT2D eigenvalue weighted by Crippen LogP contribution is 2.33. The Morgan fingerprint density at radius 1 is 1.09 bits per heavy atom. The lowest BCUT2D eigenvalue weighted by molar-refractivity contribution is -0.138. The molecule has 178 valence electrons. The van der Waals surface area contributed by atoms with Gasteiger partial charge in [0, 0.05) is 29.5 Å². The zero-order chi connectivity index (χ0) is 24.5. The van der Waals surface area contributed by atoms with Gasteiger partial charge in [0.1, 0.15) is 0 Å². The number of aryl methyl sites for hydroxylation is 2. The minimum Gasteiger partial charge on any atom is -0.348 e. The van der Waals surface area contributed by atoms with Crippen LogP contribution in [0.1, 0.15) is 45.7 Å². The summed E-state index contributed by atoms with van der Waals surface area (Å²) in [5.41, 5.74) is 1.42. The van der Waals surface area contributed by atoms with Crippen molar-refractivity contribution in [2.75, 3.05) is 5.32 Å². The van der Waals surface area contributed by atoms with E-state index in [1.165, 1.54) is 22.9 Å². The minimum atomic E-state index is -4.61. The Kier molecular flexibility index (Phi) is 6.32. The van der Waals surface area contributed by atoms with Crippen LogP contribution in [-0.2, 0) is 12.7 Å². The van der Waals surface area contributed by atoms with E-state index in [1.54, 1.807) is 38.1 Å². The maximum absolute atomic E-state index is 13.8. The summed E-state index contributed by atoms with van der Waals surface area (Å²) in [5, 5.41) is 12.2. The Labute approximate surface area is 194 Å². The molecule has 1 aliphatic carbocycles. The molecule has 0 bridgehead atoms. The second kappa shape index (κ2) is 9.20. The molecule has 1 heterocycles. The van der Waals surface area contributed by atoms with Gasteiger partial charge in [-0.15, -0.1) is 0 Å². The third kappa shape index (κ3) is 5.56. The van der Waals surface area contributed by atoms with Gasteiger partial charge in [-0.05, 0) is 68.7 Å². The second-order valence-electron chi connectivity index (χ2n) is 8.31. The van der Waals surface area contributed by atoms with Crippen molar-refractivity contribution in [3.8, 4) is 5.69 Å². The molecule has 0 spiro atoms. The number of alkyl halides is 3. The molecular weight excluding hydrogens is 447 g/mol. The average molecular weight is 471 g/mol. The van der Waals surface area contributed by atoms with Gasteiger partial charge in [-0.25, -0.2) is 9.48 Å². The number of anilines is 1. The van der Waals surface area contributed by atoms with Gasteiger partial charge in [0.05, 0.1) is 16.9 Å². The SMILES string of the molecule is Cc1cc(C)n(-c2ccc(CNC(=O)c3cccc(NC(=O)NC4CC4)c3)c(C(F)(F)F)c2)n1. The molecular formula is C24H24F3N5O2. The highest BCUT2D eigenvalue weighted by Gasteiger charge is 2.34. The Balaban J connectivity index is 1.48. The Morgan fingerprint density at radius 2 is 1.85 bits per heavy atom. The lowest BCUT2D eigenvalue weighted by atomic mass is 10.1. The van der Waals surface area contributed by atoms with Crippen molar-refractivity contribution < 1.29 is 22.8 Å². The largest absolute Gasteiger partial charge is 0.416 e. The molecule has 0 unspecified atom stereocenters. The Morgan fingerprint density at radius 3 is 2.50 bits per heavy atom. The van der Waals surface area contributed by atoms with Crippen LogP contribution >= 0.6 is 0 Å². The van der Waals surface area contributed by atoms with E-state index in [2.05, 4.69) is 21.0 Å². The fraction of sp³-hybridized carbons (Fsp3) is 0.292. The van der Waals surface area contributed by atoms with Gasteiger partial charge < -0.3 is 16.0 Å². The van der Waals surface area contributed by atoms with Crippen LogP contribution in [0, 0.1) is 13.8 Å². The topological polar surface area (TPSA) is 88.0 Å². The number of rotatable bonds is 6. The van der Waals surface area contributed by atoms with E-state index in [-0.39, 0.29) is 35.4 Å². The summed E-state index contributed by atoms with van der Waals surface area (Å²) >= 11 is 0. The first-order valence-corrected chi connectivity index (χ1v) is 10.8. The molecule has 1 fully saturated rings. The summed E-state index contributed by atoms with van der Waals surface area (Å²) in [6.45, 7) is 3.22. The number of hydrogen-bond acceptors (Lipinski definition) is 3. The molecule has 0 radical (unpaired) electrons. The van der Waals surface area contributed by atoms with E-state index in [4.69, 9.17) is 0 Å². The first kappa shape index (κ1) is 23.3. The fourth-order valence-electron chi connectivity index (χ4n) is 3.60. The van der Waals surface area contributed by atoms with Crippen LogP contribution in [0.2, 0.25) is 0 Å². The van der Waals surface area contributed by atoms with Crippen molar-refractivity contribution in [3.63, 3.8) is 0 Å². The standard InChI is InChI=1S/C24H24F3N5O2/c1-14-10-15(2)32(31-14)20-9-6-17(21(12-20)24(25,26)27)13-28-22(33)16-4-3-5-19(11-16)30-23(34)29-18-7-8-18/h3-6,9-12,18H,7-8,13H2,1-2H3,(H,28,33)(H2,29,30,34). The van der Waals surface area contributed by atoms with Crippen LogP contribution in [0.15, 0.2) is 48.5 Å². The normalized spacial score (nSPS) is 13.4. The Hall–Kier alpha value is -3.82. The third-order valence-corrected chi connectivity index (χ3v) is 5.39. The number of carbonyl (C=O) groups excluding carboxylic acids is 2. The molecule has 3 aromatic rings. The van der Waals surface area contributed by atoms with E-state index in [1.807, 2.05) is 0 Å². The number of aromatic nitrogens is 2. The molecule has 2 aromatic carbocycles. The molecule has 0 aliphatic heterocycles. The quantitative estimate of drug-likeness (QED) is 0.486. The van der Waals surface area contributed by atoms with E-state index in [9.17, 15) is 22.8 Å². The van der Waals surface area contributed by atoms with Gasteiger partial charge in [-0.1, -0.05) is 12.1 Å². The van der Waals surface area contributed by atoms with Crippen LogP contribution in [0.4, 0.5) is 23.7 Å². The summed E-state index contributed by atoms with van der Waals surface area (Å²) in [6, 6.07) is 11.7. The van der Waals surface area contributed by atoms with E-state index < -0.39 is 17.6 Å². The number of urea groups is 1. The molecule has 0 atom stereocenters. The van der Waals surface area contributed by atoms with Gasteiger partial charge in [0.2, 0.25) is 0 Å². The predicted octanol–water partition coefficient (Wildman–Crippen LogP) is 4.72. The van der Waals surface area contributed by atoms with E-state index in [0.717, 1.165) is 18.9 Å². The summed E-state index contributed by atoms with van der Waals surface area (Å²) in [6.07, 6.45) is -2.72. The first-order chi connectivity index (χ1) is 16.1. The predicted molar refractivity (Wildman–Crippen MR) is 121 cm³/mol. The van der Waals surface area contributed by atoms with Crippen LogP contribution in [0.3, 0.4) is 0 Å². The molecule has 0 saturated heterocycles. The molecule has 1 aromatic heterocycles. The number of halogens is 3. The van der Waals surface area contributed by atoms with Crippen molar-refractivity contribution in [1.29, 1.82) is 0 Å². The van der Waals surface area contributed by atoms with Crippen molar-refractivity contribution in [2.45, 2.75) is 45.5 Å². The summed E-state index contributed by atoms with van der Waals surface area (Å²) in [4.78, 5) is 24.5. The maximum atomic E-state index is 13.8. The number of amides is 3. The van der Waals surface area contributed by atoms with Gasteiger partial charge in [-0.3, -0.25) is 4.79 Å². The van der Waals surface area contributed by atoms with Crippen molar-refractivity contribution in [3.05, 3.63) is 76.6 Å². The number of nitrogens with zero attached hydrogens (tertiary/aromatic N) is 2. The minimum absolute atomic E-state index is 0.0655. The Bertz CT molecular complexity index is 1230. The molecule has 10 heteroatoms. The first-order valence-electron chi connectivity index (χ1n) is 10.8. The molecule has 3 amide bonds. The molecule has 4 rings (SSSR count). The summed E-state index contributed by atoms with van der Waals surface area (Å²) in [7, 11) is 0. The van der Waals surface area contributed by atoms with Gasteiger partial charge in [0.15, 0.2) is 0 Å². The molecule has 3 N–H and O–H groups in total. The van der Waals surface area contributed by atoms with Gasteiger partial charge in [-0.2, -0.15) is 18.3 Å². The van der Waals surface area contributed by atoms with Gasteiger partial charge >= 0.3 is 12.2 Å². The van der Waals surface area contributed by atoms with Crippen LogP contribution in [0.5, 0.6) is 0 Å². The fourth-order valence-corrected chi connectivity index (χ4v) is 3.60. The zero-order valence-corrected chi connectivity index (χ0v) is 18.7. The maximum Gasteiger partial charge on any atom is 0.416 e. The summed E-state index contributed by atoms with van der Waals surface area (Å²) < 4.78 is 42.8. The number of benzene rings is 2. The highest BCUT2D eigenvalue weighted by atomic mass is 19.4. The molecule has 34 heavy (non-hydrogen) atoms. The summed E-state index contributed by atoms with van der Waals surface area (Å²) in [5.74, 6) is -0.554. The monoisotopic (exact) mass is 471 g/mol. The third-order valence-electron chi connectivity index (χ3n) is 5.39. The van der Waals surface area contributed by atoms with Crippen molar-refractivity contribution in [1.82, 2.24) is 20.4 Å². The number of carbonyl (C=O) groups is 2. The lowest BCUT2D eigenvalue weighted by Gasteiger charge is -2.16. The van der Waals surface area contributed by atoms with Crippen LogP contribution < -0.4 is 16.0 Å². The smallest absolute Gasteiger partial charge is 0.348 e. The van der Waals surface area contributed by atoms with Crippen LogP contribution in [-0.4, -0.2) is 27.8 Å². The van der Waals surface area contributed by atoms with E-state index in [0.29, 0.717) is 17.1 Å². The second-order valence-corrected chi connectivity index (χ2v) is 8.31. The number of hydrogen-bond donors (Lipinski definition) is 3. The van der Waals surface area contributed by atoms with Crippen LogP contribution in [0.25, 0.3) is 5.69 Å².